The predicted molar refractivity (Wildman–Crippen MR) is 108 cm³/mol. The summed E-state index contributed by atoms with van der Waals surface area (Å²) in [6, 6.07) is 13.9. The summed E-state index contributed by atoms with van der Waals surface area (Å²) >= 11 is 0. The van der Waals surface area contributed by atoms with Gasteiger partial charge in [0.25, 0.3) is 0 Å². The van der Waals surface area contributed by atoms with E-state index in [1.165, 1.54) is 5.56 Å². The first-order valence-corrected chi connectivity index (χ1v) is 9.12. The Morgan fingerprint density at radius 3 is 2.19 bits per heavy atom. The number of rotatable bonds is 6. The molecule has 2 aromatic carbocycles. The molecular formula is C22H30N2O2. The van der Waals surface area contributed by atoms with E-state index in [2.05, 4.69) is 31.4 Å². The minimum atomic E-state index is -0.194. The molecule has 4 heteroatoms. The minimum absolute atomic E-state index is 0.107. The molecule has 0 bridgehead atoms. The number of carbonyl (C=O) groups is 1. The van der Waals surface area contributed by atoms with E-state index >= 15 is 0 Å². The van der Waals surface area contributed by atoms with E-state index < -0.39 is 0 Å². The summed E-state index contributed by atoms with van der Waals surface area (Å²) in [6.07, 6.45) is 0.754. The second kappa shape index (κ2) is 8.75. The van der Waals surface area contributed by atoms with Crippen LogP contribution >= 0.6 is 0 Å². The van der Waals surface area contributed by atoms with Crippen LogP contribution in [-0.2, 0) is 5.41 Å². The van der Waals surface area contributed by atoms with Crippen molar-refractivity contribution in [1.29, 1.82) is 0 Å². The summed E-state index contributed by atoms with van der Waals surface area (Å²) in [5.74, 6) is 0.941. The molecule has 4 nitrogen and oxygen atoms in total. The quantitative estimate of drug-likeness (QED) is 0.701. The molecule has 0 saturated heterocycles. The Hall–Kier alpha value is -2.49. The van der Waals surface area contributed by atoms with Crippen molar-refractivity contribution < 1.29 is 9.53 Å². The highest BCUT2D eigenvalue weighted by molar-refractivity contribution is 5.89. The van der Waals surface area contributed by atoms with Crippen LogP contribution in [0.4, 0.5) is 10.5 Å². The molecule has 0 aliphatic carbocycles. The smallest absolute Gasteiger partial charge is 0.319 e. The number of benzene rings is 2. The third-order valence-corrected chi connectivity index (χ3v) is 4.27. The lowest BCUT2D eigenvalue weighted by Gasteiger charge is -2.19. The third-order valence-electron chi connectivity index (χ3n) is 4.27. The molecule has 0 fully saturated rings. The Morgan fingerprint density at radius 2 is 1.62 bits per heavy atom. The van der Waals surface area contributed by atoms with Crippen molar-refractivity contribution >= 4 is 11.7 Å². The first-order valence-electron chi connectivity index (χ1n) is 9.12. The van der Waals surface area contributed by atoms with E-state index in [0.29, 0.717) is 13.2 Å². The maximum absolute atomic E-state index is 12.0. The van der Waals surface area contributed by atoms with Crippen molar-refractivity contribution in [1.82, 2.24) is 5.32 Å². The van der Waals surface area contributed by atoms with Crippen LogP contribution in [0.3, 0.4) is 0 Å². The Balaban J connectivity index is 1.71. The van der Waals surface area contributed by atoms with Crippen LogP contribution in [-0.4, -0.2) is 19.2 Å². The van der Waals surface area contributed by atoms with E-state index in [1.54, 1.807) is 0 Å². The van der Waals surface area contributed by atoms with E-state index in [9.17, 15) is 4.79 Å². The summed E-state index contributed by atoms with van der Waals surface area (Å²) < 4.78 is 5.84. The van der Waals surface area contributed by atoms with Crippen LogP contribution in [0, 0.1) is 13.8 Å². The predicted octanol–water partition coefficient (Wildman–Crippen LogP) is 5.19. The average molecular weight is 354 g/mol. The Morgan fingerprint density at radius 1 is 1.00 bits per heavy atom. The molecule has 0 aromatic heterocycles. The first kappa shape index (κ1) is 19.8. The standard InChI is InChI=1S/C22H30N2O2/c1-16-8-6-9-17(2)20(16)26-15-7-14-23-21(25)24-19-12-10-18(11-13-19)22(3,4)5/h6,8-13H,7,14-15H2,1-5H3,(H2,23,24,25). The van der Waals surface area contributed by atoms with E-state index in [0.717, 1.165) is 29.0 Å². The van der Waals surface area contributed by atoms with Crippen molar-refractivity contribution in [3.8, 4) is 5.75 Å². The van der Waals surface area contributed by atoms with Gasteiger partial charge in [0.1, 0.15) is 5.75 Å². The number of carbonyl (C=O) groups excluding carboxylic acids is 1. The van der Waals surface area contributed by atoms with Gasteiger partial charge in [0, 0.05) is 12.2 Å². The van der Waals surface area contributed by atoms with Crippen LogP contribution in [0.5, 0.6) is 5.75 Å². The second-order valence-electron chi connectivity index (χ2n) is 7.63. The molecule has 2 aromatic rings. The first-order chi connectivity index (χ1) is 12.3. The van der Waals surface area contributed by atoms with Gasteiger partial charge in [-0.2, -0.15) is 0 Å². The molecule has 0 spiro atoms. The van der Waals surface area contributed by atoms with E-state index in [1.807, 2.05) is 56.3 Å². The molecule has 0 saturated carbocycles. The summed E-state index contributed by atoms with van der Waals surface area (Å²) in [4.78, 5) is 12.0. The lowest BCUT2D eigenvalue weighted by Crippen LogP contribution is -2.30. The lowest BCUT2D eigenvalue weighted by atomic mass is 9.87. The number of hydrogen-bond acceptors (Lipinski definition) is 2. The van der Waals surface area contributed by atoms with Crippen LogP contribution in [0.25, 0.3) is 0 Å². The zero-order chi connectivity index (χ0) is 19.2. The molecule has 2 rings (SSSR count). The van der Waals surface area contributed by atoms with Gasteiger partial charge in [-0.15, -0.1) is 0 Å². The normalized spacial score (nSPS) is 11.1. The molecule has 0 aliphatic heterocycles. The van der Waals surface area contributed by atoms with Gasteiger partial charge in [-0.3, -0.25) is 0 Å². The SMILES string of the molecule is Cc1cccc(C)c1OCCCNC(=O)Nc1ccc(C(C)(C)C)cc1. The highest BCUT2D eigenvalue weighted by Gasteiger charge is 2.13. The molecule has 0 radical (unpaired) electrons. The lowest BCUT2D eigenvalue weighted by molar-refractivity contribution is 0.250. The van der Waals surface area contributed by atoms with Crippen molar-refractivity contribution in [2.75, 3.05) is 18.5 Å². The monoisotopic (exact) mass is 354 g/mol. The topological polar surface area (TPSA) is 50.4 Å². The van der Waals surface area contributed by atoms with Crippen molar-refractivity contribution in [3.05, 3.63) is 59.2 Å². The Kier molecular flexibility index (Phi) is 6.67. The van der Waals surface area contributed by atoms with Gasteiger partial charge in [0.2, 0.25) is 0 Å². The van der Waals surface area contributed by atoms with E-state index in [-0.39, 0.29) is 11.4 Å². The number of ether oxygens (including phenoxy) is 1. The summed E-state index contributed by atoms with van der Waals surface area (Å²) in [6.45, 7) is 11.7. The highest BCUT2D eigenvalue weighted by atomic mass is 16.5. The molecule has 0 unspecified atom stereocenters. The molecule has 0 aliphatic rings. The number of amides is 2. The van der Waals surface area contributed by atoms with Gasteiger partial charge in [-0.25, -0.2) is 4.79 Å². The number of nitrogens with one attached hydrogen (secondary N) is 2. The molecular weight excluding hydrogens is 324 g/mol. The largest absolute Gasteiger partial charge is 0.493 e. The fraction of sp³-hybridized carbons (Fsp3) is 0.409. The fourth-order valence-corrected chi connectivity index (χ4v) is 2.70. The molecule has 2 amide bonds. The third kappa shape index (κ3) is 5.80. The van der Waals surface area contributed by atoms with Crippen LogP contribution < -0.4 is 15.4 Å². The number of urea groups is 1. The number of anilines is 1. The zero-order valence-corrected chi connectivity index (χ0v) is 16.5. The van der Waals surface area contributed by atoms with Crippen molar-refractivity contribution in [3.63, 3.8) is 0 Å². The van der Waals surface area contributed by atoms with Gasteiger partial charge in [0.05, 0.1) is 6.61 Å². The number of aryl methyl sites for hydroxylation is 2. The van der Waals surface area contributed by atoms with Crippen LogP contribution in [0.1, 0.15) is 43.9 Å². The summed E-state index contributed by atoms with van der Waals surface area (Å²) in [5, 5.41) is 5.72. The molecule has 140 valence electrons. The van der Waals surface area contributed by atoms with Gasteiger partial charge in [-0.1, -0.05) is 51.1 Å². The molecule has 2 N–H and O–H groups in total. The van der Waals surface area contributed by atoms with E-state index in [4.69, 9.17) is 4.74 Å². The average Bonchev–Trinajstić information content (AvgIpc) is 2.56. The van der Waals surface area contributed by atoms with Gasteiger partial charge < -0.3 is 15.4 Å². The fourth-order valence-electron chi connectivity index (χ4n) is 2.70. The Labute approximate surface area is 157 Å². The number of para-hydroxylation sites is 1. The van der Waals surface area contributed by atoms with Gasteiger partial charge >= 0.3 is 6.03 Å². The zero-order valence-electron chi connectivity index (χ0n) is 16.5. The minimum Gasteiger partial charge on any atom is -0.493 e. The highest BCUT2D eigenvalue weighted by Crippen LogP contribution is 2.23. The maximum Gasteiger partial charge on any atom is 0.319 e. The summed E-state index contributed by atoms with van der Waals surface area (Å²) in [5.41, 5.74) is 4.41. The van der Waals surface area contributed by atoms with Crippen LogP contribution in [0.15, 0.2) is 42.5 Å². The second-order valence-corrected chi connectivity index (χ2v) is 7.63. The summed E-state index contributed by atoms with van der Waals surface area (Å²) in [7, 11) is 0. The van der Waals surface area contributed by atoms with Gasteiger partial charge in [0.15, 0.2) is 0 Å². The van der Waals surface area contributed by atoms with Crippen molar-refractivity contribution in [2.24, 2.45) is 0 Å². The van der Waals surface area contributed by atoms with Crippen LogP contribution in [0.2, 0.25) is 0 Å². The van der Waals surface area contributed by atoms with Gasteiger partial charge in [-0.05, 0) is 54.5 Å². The molecule has 0 atom stereocenters. The maximum atomic E-state index is 12.0. The molecule has 26 heavy (non-hydrogen) atoms. The number of hydrogen-bond donors (Lipinski definition) is 2. The molecule has 0 heterocycles. The van der Waals surface area contributed by atoms with Crippen molar-refractivity contribution in [2.45, 2.75) is 46.5 Å². The Bertz CT molecular complexity index is 711.